The van der Waals surface area contributed by atoms with Crippen molar-refractivity contribution in [2.75, 3.05) is 0 Å². The standard InChI is InChI=1S/C9H6FN3O/c10-7-1-6(2-11-3-7)8-4-12-9(5-14)13-8/h1-5H,(H,12,13). The van der Waals surface area contributed by atoms with Crippen LogP contribution in [-0.2, 0) is 0 Å². The van der Waals surface area contributed by atoms with Gasteiger partial charge in [-0.1, -0.05) is 0 Å². The van der Waals surface area contributed by atoms with Crippen LogP contribution >= 0.6 is 0 Å². The second-order valence-corrected chi connectivity index (χ2v) is 2.69. The molecule has 2 aromatic rings. The van der Waals surface area contributed by atoms with Gasteiger partial charge in [0, 0.05) is 11.8 Å². The largest absolute Gasteiger partial charge is 0.336 e. The Bertz CT molecular complexity index is 467. The zero-order chi connectivity index (χ0) is 9.97. The maximum Gasteiger partial charge on any atom is 0.185 e. The van der Waals surface area contributed by atoms with Crippen molar-refractivity contribution in [3.8, 4) is 11.3 Å². The predicted molar refractivity (Wildman–Crippen MR) is 47.2 cm³/mol. The summed E-state index contributed by atoms with van der Waals surface area (Å²) in [6, 6.07) is 1.31. The van der Waals surface area contributed by atoms with Crippen LogP contribution in [0.25, 0.3) is 11.3 Å². The van der Waals surface area contributed by atoms with Gasteiger partial charge < -0.3 is 4.98 Å². The highest BCUT2D eigenvalue weighted by Crippen LogP contribution is 2.15. The van der Waals surface area contributed by atoms with Crippen molar-refractivity contribution in [2.45, 2.75) is 0 Å². The fraction of sp³-hybridized carbons (Fsp3) is 0. The lowest BCUT2D eigenvalue weighted by Crippen LogP contribution is -1.84. The summed E-state index contributed by atoms with van der Waals surface area (Å²) < 4.78 is 12.8. The molecule has 2 rings (SSSR count). The topological polar surface area (TPSA) is 58.6 Å². The summed E-state index contributed by atoms with van der Waals surface area (Å²) in [5.41, 5.74) is 1.13. The summed E-state index contributed by atoms with van der Waals surface area (Å²) in [6.07, 6.45) is 4.65. The summed E-state index contributed by atoms with van der Waals surface area (Å²) in [6.45, 7) is 0. The van der Waals surface area contributed by atoms with Gasteiger partial charge in [0.1, 0.15) is 5.82 Å². The van der Waals surface area contributed by atoms with E-state index in [9.17, 15) is 9.18 Å². The van der Waals surface area contributed by atoms with Crippen molar-refractivity contribution in [3.05, 3.63) is 36.3 Å². The van der Waals surface area contributed by atoms with E-state index in [2.05, 4.69) is 15.0 Å². The van der Waals surface area contributed by atoms with Crippen LogP contribution in [0, 0.1) is 5.82 Å². The molecule has 0 saturated heterocycles. The molecule has 0 unspecified atom stereocenters. The maximum absolute atomic E-state index is 12.8. The number of pyridine rings is 1. The number of carbonyl (C=O) groups excluding carboxylic acids is 1. The van der Waals surface area contributed by atoms with Crippen LogP contribution in [0.2, 0.25) is 0 Å². The minimum absolute atomic E-state index is 0.212. The van der Waals surface area contributed by atoms with Crippen molar-refractivity contribution in [1.82, 2.24) is 15.0 Å². The van der Waals surface area contributed by atoms with Crippen molar-refractivity contribution >= 4 is 6.29 Å². The quantitative estimate of drug-likeness (QED) is 0.730. The minimum atomic E-state index is -0.426. The van der Waals surface area contributed by atoms with E-state index in [4.69, 9.17) is 0 Å². The lowest BCUT2D eigenvalue weighted by Gasteiger charge is -1.95. The second kappa shape index (κ2) is 3.37. The van der Waals surface area contributed by atoms with Gasteiger partial charge in [-0.15, -0.1) is 0 Å². The van der Waals surface area contributed by atoms with Crippen LogP contribution in [0.5, 0.6) is 0 Å². The van der Waals surface area contributed by atoms with Crippen LogP contribution in [0.3, 0.4) is 0 Å². The van der Waals surface area contributed by atoms with Gasteiger partial charge in [-0.3, -0.25) is 9.78 Å². The van der Waals surface area contributed by atoms with Gasteiger partial charge in [0.25, 0.3) is 0 Å². The molecule has 0 saturated carbocycles. The van der Waals surface area contributed by atoms with Crippen LogP contribution in [0.4, 0.5) is 4.39 Å². The molecule has 0 aromatic carbocycles. The molecule has 1 N–H and O–H groups in total. The fourth-order valence-corrected chi connectivity index (χ4v) is 1.10. The number of carbonyl (C=O) groups is 1. The van der Waals surface area contributed by atoms with Crippen molar-refractivity contribution in [1.29, 1.82) is 0 Å². The van der Waals surface area contributed by atoms with Crippen molar-refractivity contribution in [3.63, 3.8) is 0 Å². The molecule has 0 fully saturated rings. The third kappa shape index (κ3) is 1.52. The van der Waals surface area contributed by atoms with E-state index in [1.807, 2.05) is 0 Å². The molecule has 0 aliphatic rings. The summed E-state index contributed by atoms with van der Waals surface area (Å²) in [7, 11) is 0. The molecule has 70 valence electrons. The number of aromatic nitrogens is 3. The number of imidazole rings is 1. The van der Waals surface area contributed by atoms with E-state index in [0.717, 1.165) is 6.20 Å². The van der Waals surface area contributed by atoms with Crippen LogP contribution in [0.15, 0.2) is 24.7 Å². The van der Waals surface area contributed by atoms with E-state index >= 15 is 0 Å². The van der Waals surface area contributed by atoms with Crippen LogP contribution in [0.1, 0.15) is 10.6 Å². The number of halogens is 1. The first-order valence-electron chi connectivity index (χ1n) is 3.90. The predicted octanol–water partition coefficient (Wildman–Crippen LogP) is 1.42. The smallest absolute Gasteiger partial charge is 0.185 e. The molecule has 2 aromatic heterocycles. The average Bonchev–Trinajstić information content (AvgIpc) is 2.66. The minimum Gasteiger partial charge on any atom is -0.336 e. The monoisotopic (exact) mass is 191 g/mol. The van der Waals surface area contributed by atoms with Crippen LogP contribution < -0.4 is 0 Å². The van der Waals surface area contributed by atoms with Crippen molar-refractivity contribution in [2.24, 2.45) is 0 Å². The van der Waals surface area contributed by atoms with E-state index in [-0.39, 0.29) is 5.82 Å². The number of rotatable bonds is 2. The summed E-state index contributed by atoms with van der Waals surface area (Å²) in [4.78, 5) is 20.5. The normalized spacial score (nSPS) is 10.1. The van der Waals surface area contributed by atoms with Gasteiger partial charge in [-0.05, 0) is 6.07 Å². The Morgan fingerprint density at radius 3 is 2.86 bits per heavy atom. The van der Waals surface area contributed by atoms with Gasteiger partial charge in [0.15, 0.2) is 12.1 Å². The molecule has 4 nitrogen and oxygen atoms in total. The second-order valence-electron chi connectivity index (χ2n) is 2.69. The molecule has 0 radical (unpaired) electrons. The third-order valence-corrected chi connectivity index (χ3v) is 1.72. The van der Waals surface area contributed by atoms with E-state index < -0.39 is 5.82 Å². The Balaban J connectivity index is 2.43. The fourth-order valence-electron chi connectivity index (χ4n) is 1.10. The van der Waals surface area contributed by atoms with E-state index in [1.165, 1.54) is 18.5 Å². The highest BCUT2D eigenvalue weighted by molar-refractivity contribution is 5.71. The molecule has 0 aliphatic carbocycles. The number of aldehydes is 1. The summed E-state index contributed by atoms with van der Waals surface area (Å²) >= 11 is 0. The first-order valence-corrected chi connectivity index (χ1v) is 3.90. The maximum atomic E-state index is 12.8. The third-order valence-electron chi connectivity index (χ3n) is 1.72. The highest BCUT2D eigenvalue weighted by atomic mass is 19.1. The van der Waals surface area contributed by atoms with Crippen LogP contribution in [-0.4, -0.2) is 21.2 Å². The zero-order valence-corrected chi connectivity index (χ0v) is 7.07. The number of hydrogen-bond donors (Lipinski definition) is 1. The molecular formula is C9H6FN3O. The average molecular weight is 191 g/mol. The SMILES string of the molecule is O=Cc1ncc(-c2cncc(F)c2)[nH]1. The summed E-state index contributed by atoms with van der Waals surface area (Å²) in [5, 5.41) is 0. The molecule has 2 heterocycles. The lowest BCUT2D eigenvalue weighted by atomic mass is 10.2. The first-order chi connectivity index (χ1) is 6.79. The van der Waals surface area contributed by atoms with Crippen molar-refractivity contribution < 1.29 is 9.18 Å². The molecule has 0 aliphatic heterocycles. The number of aromatic amines is 1. The molecule has 0 spiro atoms. The Morgan fingerprint density at radius 2 is 2.21 bits per heavy atom. The Hall–Kier alpha value is -2.04. The van der Waals surface area contributed by atoms with E-state index in [1.54, 1.807) is 0 Å². The molecule has 14 heavy (non-hydrogen) atoms. The Kier molecular flexibility index (Phi) is 2.06. The van der Waals surface area contributed by atoms with Gasteiger partial charge >= 0.3 is 0 Å². The van der Waals surface area contributed by atoms with Gasteiger partial charge in [-0.2, -0.15) is 0 Å². The lowest BCUT2D eigenvalue weighted by molar-refractivity contribution is 0.111. The Labute approximate surface area is 78.8 Å². The number of nitrogens with zero attached hydrogens (tertiary/aromatic N) is 2. The number of hydrogen-bond acceptors (Lipinski definition) is 3. The molecule has 5 heteroatoms. The summed E-state index contributed by atoms with van der Waals surface area (Å²) in [5.74, 6) is -0.214. The van der Waals surface area contributed by atoms with E-state index in [0.29, 0.717) is 17.5 Å². The van der Waals surface area contributed by atoms with Gasteiger partial charge in [-0.25, -0.2) is 9.37 Å². The number of nitrogens with one attached hydrogen (secondary N) is 1. The highest BCUT2D eigenvalue weighted by Gasteiger charge is 2.03. The zero-order valence-electron chi connectivity index (χ0n) is 7.07. The van der Waals surface area contributed by atoms with Gasteiger partial charge in [0.05, 0.1) is 18.1 Å². The first kappa shape index (κ1) is 8.55. The molecule has 0 atom stereocenters. The molecule has 0 bridgehead atoms. The molecule has 0 amide bonds. The number of H-pyrrole nitrogens is 1. The Morgan fingerprint density at radius 1 is 1.36 bits per heavy atom. The van der Waals surface area contributed by atoms with Gasteiger partial charge in [0.2, 0.25) is 0 Å². The molecular weight excluding hydrogens is 185 g/mol.